The number of nitrogens with zero attached hydrogens (tertiary/aromatic N) is 2. The highest BCUT2D eigenvalue weighted by Gasteiger charge is 2.15. The number of hydrogen-bond acceptors (Lipinski definition) is 6. The number of ether oxygens (including phenoxy) is 1. The van der Waals surface area contributed by atoms with Gasteiger partial charge in [0.1, 0.15) is 5.75 Å². The fourth-order valence-corrected chi connectivity index (χ4v) is 2.15. The van der Waals surface area contributed by atoms with E-state index in [1.807, 2.05) is 27.7 Å². The SMILES string of the molecule is CC(C)Oc1ccc(C(=O)O)cc1NC(=O)CCc1nc(C(C)C)no1. The van der Waals surface area contributed by atoms with Gasteiger partial charge in [-0.3, -0.25) is 4.79 Å². The molecule has 8 nitrogen and oxygen atoms in total. The minimum absolute atomic E-state index is 0.0647. The monoisotopic (exact) mass is 361 g/mol. The van der Waals surface area contributed by atoms with Crippen LogP contribution in [0.5, 0.6) is 5.75 Å². The van der Waals surface area contributed by atoms with Gasteiger partial charge in [-0.15, -0.1) is 0 Å². The first kappa shape index (κ1) is 19.4. The Morgan fingerprint density at radius 3 is 2.58 bits per heavy atom. The van der Waals surface area contributed by atoms with E-state index in [-0.39, 0.29) is 29.9 Å². The molecule has 0 radical (unpaired) electrons. The lowest BCUT2D eigenvalue weighted by molar-refractivity contribution is -0.116. The summed E-state index contributed by atoms with van der Waals surface area (Å²) in [4.78, 5) is 27.6. The second-order valence-electron chi connectivity index (χ2n) is 6.43. The Balaban J connectivity index is 2.06. The molecule has 0 bridgehead atoms. The van der Waals surface area contributed by atoms with Crippen molar-refractivity contribution in [2.45, 2.75) is 52.6 Å². The molecule has 8 heteroatoms. The average molecular weight is 361 g/mol. The smallest absolute Gasteiger partial charge is 0.335 e. The molecule has 1 aromatic heterocycles. The molecule has 0 saturated carbocycles. The predicted molar refractivity (Wildman–Crippen MR) is 94.5 cm³/mol. The third-order valence-electron chi connectivity index (χ3n) is 3.43. The second kappa shape index (κ2) is 8.46. The zero-order valence-electron chi connectivity index (χ0n) is 15.3. The summed E-state index contributed by atoms with van der Waals surface area (Å²) < 4.78 is 10.7. The van der Waals surface area contributed by atoms with E-state index in [0.29, 0.717) is 29.6 Å². The number of carboxylic acid groups (broad SMARTS) is 1. The van der Waals surface area contributed by atoms with Crippen LogP contribution in [0.15, 0.2) is 22.7 Å². The first-order chi connectivity index (χ1) is 12.3. The molecule has 26 heavy (non-hydrogen) atoms. The van der Waals surface area contributed by atoms with Gasteiger partial charge in [-0.05, 0) is 32.0 Å². The number of amides is 1. The van der Waals surface area contributed by atoms with Crippen LogP contribution in [0.2, 0.25) is 0 Å². The van der Waals surface area contributed by atoms with Crippen LogP contribution >= 0.6 is 0 Å². The number of carbonyl (C=O) groups is 2. The number of nitrogens with one attached hydrogen (secondary N) is 1. The van der Waals surface area contributed by atoms with Crippen LogP contribution < -0.4 is 10.1 Å². The average Bonchev–Trinajstić information content (AvgIpc) is 3.03. The molecule has 2 aromatic rings. The van der Waals surface area contributed by atoms with Crippen LogP contribution in [-0.2, 0) is 11.2 Å². The van der Waals surface area contributed by atoms with Gasteiger partial charge in [-0.25, -0.2) is 4.79 Å². The number of benzene rings is 1. The van der Waals surface area contributed by atoms with Crippen LogP contribution in [0.3, 0.4) is 0 Å². The van der Waals surface area contributed by atoms with Gasteiger partial charge in [0.15, 0.2) is 5.82 Å². The van der Waals surface area contributed by atoms with Crippen LogP contribution in [-0.4, -0.2) is 33.2 Å². The quantitative estimate of drug-likeness (QED) is 0.741. The molecule has 140 valence electrons. The third-order valence-corrected chi connectivity index (χ3v) is 3.43. The molecule has 0 unspecified atom stereocenters. The summed E-state index contributed by atoms with van der Waals surface area (Å²) in [6.45, 7) is 7.59. The van der Waals surface area contributed by atoms with Gasteiger partial charge in [0.05, 0.1) is 17.4 Å². The highest BCUT2D eigenvalue weighted by molar-refractivity contribution is 5.95. The molecule has 0 saturated heterocycles. The van der Waals surface area contributed by atoms with E-state index in [4.69, 9.17) is 14.4 Å². The van der Waals surface area contributed by atoms with Gasteiger partial charge in [0.25, 0.3) is 0 Å². The Morgan fingerprint density at radius 1 is 1.27 bits per heavy atom. The first-order valence-corrected chi connectivity index (χ1v) is 8.42. The van der Waals surface area contributed by atoms with E-state index < -0.39 is 5.97 Å². The van der Waals surface area contributed by atoms with Crippen molar-refractivity contribution in [3.05, 3.63) is 35.5 Å². The van der Waals surface area contributed by atoms with E-state index >= 15 is 0 Å². The summed E-state index contributed by atoms with van der Waals surface area (Å²) in [5.41, 5.74) is 0.381. The minimum atomic E-state index is -1.08. The highest BCUT2D eigenvalue weighted by Crippen LogP contribution is 2.27. The van der Waals surface area contributed by atoms with Crippen molar-refractivity contribution >= 4 is 17.6 Å². The fraction of sp³-hybridized carbons (Fsp3) is 0.444. The van der Waals surface area contributed by atoms with Crippen molar-refractivity contribution in [2.75, 3.05) is 5.32 Å². The maximum Gasteiger partial charge on any atom is 0.335 e. The number of aryl methyl sites for hydroxylation is 1. The zero-order valence-corrected chi connectivity index (χ0v) is 15.3. The largest absolute Gasteiger partial charge is 0.489 e. The lowest BCUT2D eigenvalue weighted by Gasteiger charge is -2.15. The van der Waals surface area contributed by atoms with Gasteiger partial charge in [-0.2, -0.15) is 4.98 Å². The molecule has 0 aliphatic rings. The van der Waals surface area contributed by atoms with Crippen molar-refractivity contribution in [1.82, 2.24) is 10.1 Å². The van der Waals surface area contributed by atoms with Crippen LogP contribution in [0.4, 0.5) is 5.69 Å². The van der Waals surface area contributed by atoms with Gasteiger partial charge in [0.2, 0.25) is 11.8 Å². The van der Waals surface area contributed by atoms with Gasteiger partial charge in [0, 0.05) is 18.8 Å². The number of rotatable bonds is 8. The maximum atomic E-state index is 12.2. The van der Waals surface area contributed by atoms with Crippen molar-refractivity contribution in [1.29, 1.82) is 0 Å². The summed E-state index contributed by atoms with van der Waals surface area (Å²) in [6, 6.07) is 4.34. The van der Waals surface area contributed by atoms with Gasteiger partial charge >= 0.3 is 5.97 Å². The molecule has 0 aliphatic carbocycles. The fourth-order valence-electron chi connectivity index (χ4n) is 2.15. The topological polar surface area (TPSA) is 115 Å². The number of anilines is 1. The molecule has 0 aliphatic heterocycles. The normalized spacial score (nSPS) is 11.0. The Bertz CT molecular complexity index is 783. The van der Waals surface area contributed by atoms with Crippen LogP contribution in [0.25, 0.3) is 0 Å². The van der Waals surface area contributed by atoms with E-state index in [2.05, 4.69) is 15.5 Å². The molecule has 0 fully saturated rings. The molecule has 2 rings (SSSR count). The Hall–Kier alpha value is -2.90. The summed E-state index contributed by atoms with van der Waals surface area (Å²) in [6.07, 6.45) is 0.303. The van der Waals surface area contributed by atoms with Crippen molar-refractivity contribution < 1.29 is 24.0 Å². The van der Waals surface area contributed by atoms with Crippen LogP contribution in [0, 0.1) is 0 Å². The predicted octanol–water partition coefficient (Wildman–Crippen LogP) is 3.25. The number of aromatic carboxylic acids is 1. The summed E-state index contributed by atoms with van der Waals surface area (Å²) in [5.74, 6) is 0.173. The van der Waals surface area contributed by atoms with Gasteiger partial charge < -0.3 is 19.7 Å². The lowest BCUT2D eigenvalue weighted by atomic mass is 10.1. The number of aromatic nitrogens is 2. The van der Waals surface area contributed by atoms with Crippen molar-refractivity contribution in [2.24, 2.45) is 0 Å². The standard InChI is InChI=1S/C18H23N3O5/c1-10(2)17-20-16(26-21-17)8-7-15(22)19-13-9-12(18(23)24)5-6-14(13)25-11(3)4/h5-6,9-11H,7-8H2,1-4H3,(H,19,22)(H,23,24). The first-order valence-electron chi connectivity index (χ1n) is 8.42. The molecular formula is C18H23N3O5. The van der Waals surface area contributed by atoms with Crippen molar-refractivity contribution in [3.8, 4) is 5.75 Å². The Labute approximate surface area is 151 Å². The van der Waals surface area contributed by atoms with E-state index in [0.717, 1.165) is 0 Å². The highest BCUT2D eigenvalue weighted by atomic mass is 16.5. The summed E-state index contributed by atoms with van der Waals surface area (Å²) in [7, 11) is 0. The summed E-state index contributed by atoms with van der Waals surface area (Å²) >= 11 is 0. The maximum absolute atomic E-state index is 12.2. The molecule has 1 aromatic carbocycles. The van der Waals surface area contributed by atoms with E-state index in [1.54, 1.807) is 0 Å². The zero-order chi connectivity index (χ0) is 19.3. The van der Waals surface area contributed by atoms with Gasteiger partial charge in [-0.1, -0.05) is 19.0 Å². The molecule has 1 heterocycles. The summed E-state index contributed by atoms with van der Waals surface area (Å²) in [5, 5.41) is 15.7. The molecular weight excluding hydrogens is 338 g/mol. The minimum Gasteiger partial charge on any atom is -0.489 e. The van der Waals surface area contributed by atoms with Crippen LogP contribution in [0.1, 0.15) is 62.1 Å². The molecule has 1 amide bonds. The number of carboxylic acids is 1. The number of carbonyl (C=O) groups excluding carboxylic acids is 1. The van der Waals surface area contributed by atoms with E-state index in [1.165, 1.54) is 18.2 Å². The van der Waals surface area contributed by atoms with Crippen molar-refractivity contribution in [3.63, 3.8) is 0 Å². The lowest BCUT2D eigenvalue weighted by Crippen LogP contribution is -2.15. The van der Waals surface area contributed by atoms with E-state index in [9.17, 15) is 9.59 Å². The Kier molecular flexibility index (Phi) is 6.32. The second-order valence-corrected chi connectivity index (χ2v) is 6.43. The molecule has 2 N–H and O–H groups in total. The number of hydrogen-bond donors (Lipinski definition) is 2. The third kappa shape index (κ3) is 5.30. The molecule has 0 atom stereocenters. The Morgan fingerprint density at radius 2 is 2.00 bits per heavy atom. The molecule has 0 spiro atoms.